The Bertz CT molecular complexity index is 63.4. The van der Waals surface area contributed by atoms with E-state index in [9.17, 15) is 4.39 Å². The van der Waals surface area contributed by atoms with Crippen LogP contribution in [0.25, 0.3) is 0 Å². The van der Waals surface area contributed by atoms with Gasteiger partial charge >= 0.3 is 0 Å². The van der Waals surface area contributed by atoms with E-state index in [1.165, 1.54) is 6.92 Å². The summed E-state index contributed by atoms with van der Waals surface area (Å²) in [7, 11) is 5.07. The van der Waals surface area contributed by atoms with Gasteiger partial charge in [0.05, 0.1) is 5.57 Å². The van der Waals surface area contributed by atoms with Crippen LogP contribution in [0.1, 0.15) is 27.2 Å². The van der Waals surface area contributed by atoms with Crippen LogP contribution in [-0.2, 0) is 0 Å². The average molecular weight is 114 g/mol. The third-order valence-corrected chi connectivity index (χ3v) is 0.807. The lowest BCUT2D eigenvalue weighted by atomic mass is 9.79. The van der Waals surface area contributed by atoms with Gasteiger partial charge < -0.3 is 0 Å². The molecule has 1 atom stereocenters. The van der Waals surface area contributed by atoms with E-state index in [0.717, 1.165) is 0 Å². The lowest BCUT2D eigenvalue weighted by Gasteiger charge is -2.16. The molecule has 0 aliphatic heterocycles. The monoisotopic (exact) mass is 114 g/mol. The lowest BCUT2D eigenvalue weighted by Crippen LogP contribution is -2.19. The molecule has 2 radical (unpaired) electrons. The van der Waals surface area contributed by atoms with E-state index < -0.39 is 5.57 Å². The Balaban J connectivity index is 3.39. The second-order valence-corrected chi connectivity index (χ2v) is 2.88. The van der Waals surface area contributed by atoms with Gasteiger partial charge in [-0.3, -0.25) is 4.39 Å². The zero-order valence-electron chi connectivity index (χ0n) is 5.74. The smallest absolute Gasteiger partial charge is 0.120 e. The van der Waals surface area contributed by atoms with Crippen molar-refractivity contribution in [1.29, 1.82) is 0 Å². The predicted octanol–water partition coefficient (Wildman–Crippen LogP) is 1.89. The molecular weight excluding hydrogens is 102 g/mol. The third kappa shape index (κ3) is 5.99. The lowest BCUT2D eigenvalue weighted by molar-refractivity contribution is 0.256. The van der Waals surface area contributed by atoms with Crippen LogP contribution >= 0.6 is 0 Å². The Morgan fingerprint density at radius 3 is 2.00 bits per heavy atom. The highest BCUT2D eigenvalue weighted by molar-refractivity contribution is 6.14. The normalized spacial score (nSPS) is 18.6. The molecule has 0 fully saturated rings. The van der Waals surface area contributed by atoms with E-state index in [4.69, 9.17) is 7.85 Å². The molecule has 0 bridgehead atoms. The highest BCUT2D eigenvalue weighted by Crippen LogP contribution is 2.15. The first-order chi connectivity index (χ1) is 3.42. The SMILES string of the molecule is [B]C(C)(F)CC(C)C. The van der Waals surface area contributed by atoms with Crippen molar-refractivity contribution in [2.75, 3.05) is 0 Å². The van der Waals surface area contributed by atoms with Gasteiger partial charge in [-0.2, -0.15) is 0 Å². The second kappa shape index (κ2) is 2.52. The topological polar surface area (TPSA) is 0 Å². The summed E-state index contributed by atoms with van der Waals surface area (Å²) in [6, 6.07) is 0. The first kappa shape index (κ1) is 7.99. The fourth-order valence-electron chi connectivity index (χ4n) is 0.798. The van der Waals surface area contributed by atoms with Crippen molar-refractivity contribution in [3.8, 4) is 0 Å². The zero-order chi connectivity index (χ0) is 6.78. The minimum absolute atomic E-state index is 0.343. The average Bonchev–Trinajstić information content (AvgIpc) is 1.21. The molecule has 0 heterocycles. The number of hydrogen-bond acceptors (Lipinski definition) is 0. The quantitative estimate of drug-likeness (QED) is 0.481. The van der Waals surface area contributed by atoms with Crippen LogP contribution in [0.2, 0.25) is 0 Å². The number of hydrogen-bond donors (Lipinski definition) is 0. The molecule has 0 aromatic heterocycles. The van der Waals surface area contributed by atoms with E-state index >= 15 is 0 Å². The maximum atomic E-state index is 12.4. The number of rotatable bonds is 2. The van der Waals surface area contributed by atoms with Crippen LogP contribution in [0.4, 0.5) is 4.39 Å². The molecule has 2 heteroatoms. The van der Waals surface area contributed by atoms with Gasteiger partial charge in [0.1, 0.15) is 7.85 Å². The molecule has 46 valence electrons. The fourth-order valence-corrected chi connectivity index (χ4v) is 0.798. The van der Waals surface area contributed by atoms with Crippen LogP contribution in [0, 0.1) is 5.92 Å². The Morgan fingerprint density at radius 1 is 1.62 bits per heavy atom. The highest BCUT2D eigenvalue weighted by Gasteiger charge is 2.15. The molecule has 0 spiro atoms. The maximum absolute atomic E-state index is 12.4. The third-order valence-electron chi connectivity index (χ3n) is 0.807. The van der Waals surface area contributed by atoms with E-state index in [1.54, 1.807) is 0 Å². The molecular formula is C6H12BF. The molecule has 0 saturated carbocycles. The van der Waals surface area contributed by atoms with Crippen LogP contribution in [0.15, 0.2) is 0 Å². The molecule has 0 saturated heterocycles. The summed E-state index contributed by atoms with van der Waals surface area (Å²) < 4.78 is 12.4. The molecule has 0 aromatic rings. The molecule has 0 amide bonds. The molecule has 8 heavy (non-hydrogen) atoms. The van der Waals surface area contributed by atoms with Crippen molar-refractivity contribution in [2.24, 2.45) is 5.92 Å². The minimum atomic E-state index is -1.48. The summed E-state index contributed by atoms with van der Waals surface area (Å²) in [6.45, 7) is 5.29. The summed E-state index contributed by atoms with van der Waals surface area (Å²) >= 11 is 0. The largest absolute Gasteiger partial charge is 0.255 e. The summed E-state index contributed by atoms with van der Waals surface area (Å²) in [6.07, 6.45) is 0.438. The van der Waals surface area contributed by atoms with E-state index in [1.807, 2.05) is 13.8 Å². The first-order valence-corrected chi connectivity index (χ1v) is 2.89. The molecule has 0 rings (SSSR count). The van der Waals surface area contributed by atoms with Crippen molar-refractivity contribution in [3.05, 3.63) is 0 Å². The van der Waals surface area contributed by atoms with Crippen molar-refractivity contribution < 1.29 is 4.39 Å². The molecule has 0 aromatic carbocycles. The zero-order valence-corrected chi connectivity index (χ0v) is 5.74. The van der Waals surface area contributed by atoms with E-state index in [-0.39, 0.29) is 0 Å². The maximum Gasteiger partial charge on any atom is 0.120 e. The van der Waals surface area contributed by atoms with Crippen LogP contribution in [-0.4, -0.2) is 13.4 Å². The Kier molecular flexibility index (Phi) is 2.51. The molecule has 0 nitrogen and oxygen atoms in total. The molecule has 0 aliphatic carbocycles. The fraction of sp³-hybridized carbons (Fsp3) is 1.00. The van der Waals surface area contributed by atoms with Crippen molar-refractivity contribution in [1.82, 2.24) is 0 Å². The van der Waals surface area contributed by atoms with Crippen LogP contribution in [0.5, 0.6) is 0 Å². The van der Waals surface area contributed by atoms with Crippen LogP contribution in [0.3, 0.4) is 0 Å². The van der Waals surface area contributed by atoms with E-state index in [2.05, 4.69) is 0 Å². The summed E-state index contributed by atoms with van der Waals surface area (Å²) in [5.74, 6) is 0.343. The highest BCUT2D eigenvalue weighted by atomic mass is 19.1. The van der Waals surface area contributed by atoms with Gasteiger partial charge in [-0.1, -0.05) is 13.8 Å². The predicted molar refractivity (Wildman–Crippen MR) is 34.7 cm³/mol. The summed E-state index contributed by atoms with van der Waals surface area (Å²) in [5.41, 5.74) is -1.48. The molecule has 0 aliphatic rings. The van der Waals surface area contributed by atoms with Gasteiger partial charge in [-0.25, -0.2) is 0 Å². The van der Waals surface area contributed by atoms with Gasteiger partial charge in [-0.05, 0) is 19.3 Å². The van der Waals surface area contributed by atoms with Gasteiger partial charge in [0.25, 0.3) is 0 Å². The standard InChI is InChI=1S/C6H12BF/c1-5(2)4-6(3,7)8/h5H,4H2,1-3H3. The van der Waals surface area contributed by atoms with Crippen LogP contribution < -0.4 is 0 Å². The van der Waals surface area contributed by atoms with Gasteiger partial charge in [0.2, 0.25) is 0 Å². The minimum Gasteiger partial charge on any atom is -0.255 e. The number of halogens is 1. The molecule has 0 N–H and O–H groups in total. The summed E-state index contributed by atoms with van der Waals surface area (Å²) in [5, 5.41) is 0. The van der Waals surface area contributed by atoms with Crippen molar-refractivity contribution in [3.63, 3.8) is 0 Å². The Morgan fingerprint density at radius 2 is 2.00 bits per heavy atom. The molecule has 1 unspecified atom stereocenters. The Labute approximate surface area is 51.9 Å². The van der Waals surface area contributed by atoms with Gasteiger partial charge in [0.15, 0.2) is 0 Å². The van der Waals surface area contributed by atoms with Crippen molar-refractivity contribution in [2.45, 2.75) is 32.8 Å². The van der Waals surface area contributed by atoms with Gasteiger partial charge in [-0.15, -0.1) is 0 Å². The number of alkyl halides is 1. The van der Waals surface area contributed by atoms with Crippen molar-refractivity contribution >= 4 is 7.85 Å². The second-order valence-electron chi connectivity index (χ2n) is 2.88. The summed E-state index contributed by atoms with van der Waals surface area (Å²) in [4.78, 5) is 0. The van der Waals surface area contributed by atoms with Gasteiger partial charge in [0, 0.05) is 0 Å². The van der Waals surface area contributed by atoms with E-state index in [0.29, 0.717) is 12.3 Å². The Hall–Kier alpha value is -0.00506. The first-order valence-electron chi connectivity index (χ1n) is 2.89.